The molecule has 1 saturated heterocycles. The number of isothiocyanates is 1. The second-order valence-electron chi connectivity index (χ2n) is 15.5. The largest absolute Gasteiger partial charge is 0.481 e. The van der Waals surface area contributed by atoms with Crippen molar-refractivity contribution in [1.29, 1.82) is 5.26 Å². The first-order valence-corrected chi connectivity index (χ1v) is 20.5. The van der Waals surface area contributed by atoms with Gasteiger partial charge >= 0.3 is 12.1 Å². The third kappa shape index (κ3) is 10.8. The number of carbonyl (C=O) groups excluding carboxylic acids is 2. The molecule has 2 aromatic carbocycles. The zero-order valence-corrected chi connectivity index (χ0v) is 39.2. The van der Waals surface area contributed by atoms with Crippen LogP contribution in [0.5, 0.6) is 11.8 Å². The highest BCUT2D eigenvalue weighted by Gasteiger charge is 2.51. The average molecular weight is 989 g/mol. The fourth-order valence-corrected chi connectivity index (χ4v) is 7.31. The molecule has 7 rings (SSSR count). The van der Waals surface area contributed by atoms with Crippen LogP contribution in [0.15, 0.2) is 87.6 Å². The number of halogens is 5. The Hall–Kier alpha value is -8.18. The van der Waals surface area contributed by atoms with Crippen LogP contribution in [0.2, 0.25) is 0 Å². The van der Waals surface area contributed by atoms with E-state index in [0.29, 0.717) is 11.8 Å². The number of aryl methyl sites for hydroxylation is 1. The minimum absolute atomic E-state index is 0.000364. The minimum atomic E-state index is -4.85. The molecule has 0 radical (unpaired) electrons. The van der Waals surface area contributed by atoms with E-state index in [1.807, 2.05) is 13.0 Å². The van der Waals surface area contributed by atoms with Crippen LogP contribution in [0, 0.1) is 36.5 Å². The fraction of sp³-hybridized carbons (Fsp3) is 0.244. The third-order valence-electron chi connectivity index (χ3n) is 10.0. The van der Waals surface area contributed by atoms with Crippen molar-refractivity contribution in [3.63, 3.8) is 0 Å². The van der Waals surface area contributed by atoms with Gasteiger partial charge in [0.1, 0.15) is 11.1 Å². The highest BCUT2D eigenvalue weighted by atomic mass is 32.1. The maximum atomic E-state index is 15.0. The number of thiocarbonyl (C=S) groups is 2. The normalized spacial score (nSPS) is 13.0. The van der Waals surface area contributed by atoms with Crippen LogP contribution < -0.4 is 35.7 Å². The van der Waals surface area contributed by atoms with Gasteiger partial charge in [0.2, 0.25) is 11.8 Å². The van der Waals surface area contributed by atoms with Crippen LogP contribution in [-0.2, 0) is 20.5 Å². The summed E-state index contributed by atoms with van der Waals surface area (Å²) in [4.78, 5) is 66.5. The lowest BCUT2D eigenvalue weighted by Gasteiger charge is -2.29. The molecule has 69 heavy (non-hydrogen) atoms. The first-order valence-electron chi connectivity index (χ1n) is 19.6. The predicted octanol–water partition coefficient (Wildman–Crippen LogP) is 8.14. The minimum Gasteiger partial charge on any atom is -0.481 e. The standard InChI is InChI=1S/C22H15F4N5O3S.C14H16FN3O4.C9H6N2S/c1-21(2)19(33)30(12-5-4-11(9-27)14(6-12)22(24,25)26)20(35)31(21)13-7-15(23)18-28-16(34-3)8-17(32)29(18)10-13;1-14(2,13(20)22-4)17-8-5-9(15)12-16-10(21-3)6-11(19)18(12)7-8;1-7-5-8(11-6-12)3-4-9(7)10-2/h4-8,10H,1-3H3;5-7,17H,1-4H3;3-5H,1H3. The van der Waals surface area contributed by atoms with Crippen LogP contribution in [-0.4, -0.2) is 73.3 Å². The number of rotatable bonds is 8. The van der Waals surface area contributed by atoms with E-state index in [9.17, 15) is 41.1 Å². The second-order valence-corrected chi connectivity index (χ2v) is 16.0. The molecule has 0 unspecified atom stereocenters. The number of esters is 1. The van der Waals surface area contributed by atoms with E-state index in [-0.39, 0.29) is 45.2 Å². The highest BCUT2D eigenvalue weighted by Crippen LogP contribution is 2.40. The van der Waals surface area contributed by atoms with E-state index in [1.54, 1.807) is 26.0 Å². The van der Waals surface area contributed by atoms with Crippen molar-refractivity contribution < 1.29 is 45.8 Å². The number of anilines is 3. The van der Waals surface area contributed by atoms with Crippen molar-refractivity contribution in [2.75, 3.05) is 36.4 Å². The summed E-state index contributed by atoms with van der Waals surface area (Å²) in [5.74, 6) is -2.92. The van der Waals surface area contributed by atoms with Gasteiger partial charge in [0.05, 0.1) is 85.1 Å². The summed E-state index contributed by atoms with van der Waals surface area (Å²) in [5, 5.41) is 13.9. The van der Waals surface area contributed by atoms with Gasteiger partial charge in [-0.15, -0.1) is 0 Å². The van der Waals surface area contributed by atoms with E-state index < -0.39 is 63.0 Å². The number of hydrogen-bond donors (Lipinski definition) is 1. The molecule has 1 amide bonds. The number of methoxy groups -OCH3 is 3. The smallest absolute Gasteiger partial charge is 0.417 e. The number of pyridine rings is 2. The number of fused-ring (bicyclic) bond motifs is 2. The number of nitriles is 1. The lowest BCUT2D eigenvalue weighted by molar-refractivity contribution is -0.144. The van der Waals surface area contributed by atoms with Gasteiger partial charge in [-0.25, -0.2) is 18.4 Å². The number of aliphatic imine (C=N–C) groups is 1. The predicted molar refractivity (Wildman–Crippen MR) is 251 cm³/mol. The molecule has 356 valence electrons. The van der Waals surface area contributed by atoms with Crippen LogP contribution >= 0.6 is 24.4 Å². The summed E-state index contributed by atoms with van der Waals surface area (Å²) < 4.78 is 85.9. The molecule has 4 aromatic heterocycles. The van der Waals surface area contributed by atoms with Crippen LogP contribution in [0.25, 0.3) is 16.1 Å². The molecule has 17 nitrogen and oxygen atoms in total. The molecule has 1 fully saturated rings. The molecule has 0 aliphatic carbocycles. The second kappa shape index (κ2) is 20.4. The monoisotopic (exact) mass is 988 g/mol. The first kappa shape index (κ1) is 51.8. The zero-order chi connectivity index (χ0) is 51.3. The number of benzene rings is 2. The van der Waals surface area contributed by atoms with E-state index >= 15 is 0 Å². The topological polar surface area (TPSA) is 190 Å². The molecule has 0 spiro atoms. The van der Waals surface area contributed by atoms with Crippen molar-refractivity contribution in [3.05, 3.63) is 134 Å². The highest BCUT2D eigenvalue weighted by molar-refractivity contribution is 7.81. The van der Waals surface area contributed by atoms with Crippen LogP contribution in [0.4, 0.5) is 50.4 Å². The molecule has 0 bridgehead atoms. The van der Waals surface area contributed by atoms with Crippen LogP contribution in [0.3, 0.4) is 0 Å². The van der Waals surface area contributed by atoms with Gasteiger partial charge in [-0.2, -0.15) is 33.4 Å². The van der Waals surface area contributed by atoms with Gasteiger partial charge in [0.25, 0.3) is 17.0 Å². The van der Waals surface area contributed by atoms with E-state index in [4.69, 9.17) is 33.5 Å². The van der Waals surface area contributed by atoms with Gasteiger partial charge in [0.15, 0.2) is 33.7 Å². The molecule has 1 aliphatic heterocycles. The molecule has 1 aliphatic rings. The average Bonchev–Trinajstić information content (AvgIpc) is 3.47. The number of alkyl halides is 3. The van der Waals surface area contributed by atoms with Crippen molar-refractivity contribution in [2.45, 2.75) is 51.9 Å². The Labute approximate surface area is 399 Å². The number of nitrogens with zero attached hydrogens (tertiary/aromatic N) is 9. The Morgan fingerprint density at radius 2 is 1.46 bits per heavy atom. The van der Waals surface area contributed by atoms with Gasteiger partial charge < -0.3 is 24.4 Å². The van der Waals surface area contributed by atoms with Gasteiger partial charge in [0, 0.05) is 24.5 Å². The molecular weight excluding hydrogens is 952 g/mol. The summed E-state index contributed by atoms with van der Waals surface area (Å²) in [5.41, 5.74) is -3.71. The Bertz CT molecular complexity index is 3320. The summed E-state index contributed by atoms with van der Waals surface area (Å²) >= 11 is 9.89. The molecule has 1 N–H and O–H groups in total. The number of nitrogens with one attached hydrogen (secondary N) is 1. The summed E-state index contributed by atoms with van der Waals surface area (Å²) in [6.45, 7) is 14.7. The maximum absolute atomic E-state index is 15.0. The number of amides is 1. The first-order chi connectivity index (χ1) is 32.4. The quantitative estimate of drug-likeness (QED) is 0.0506. The van der Waals surface area contributed by atoms with Crippen molar-refractivity contribution in [2.24, 2.45) is 4.99 Å². The molecule has 5 heterocycles. The van der Waals surface area contributed by atoms with E-state index in [0.717, 1.165) is 55.3 Å². The lowest BCUT2D eigenvalue weighted by atomic mass is 10.0. The number of ether oxygens (including phenoxy) is 3. The van der Waals surface area contributed by atoms with E-state index in [1.165, 1.54) is 64.6 Å². The SMILES string of the molecule is COC(=O)C(C)(C)Nc1cc(F)c2nc(OC)cc(=O)n2c1.COc1cc(=O)n2cc(N3C(=S)N(c4ccc(C#N)c(C(F)(F)F)c4)C(=O)C3(C)C)cc(F)c2n1.[C-]#[N+]c1ccc(N=C=S)cc1C. The number of aromatic nitrogens is 4. The van der Waals surface area contributed by atoms with E-state index in [2.05, 4.69) is 47.2 Å². The molecule has 0 saturated carbocycles. The van der Waals surface area contributed by atoms with Crippen molar-refractivity contribution in [1.82, 2.24) is 18.8 Å². The molecular formula is C45H37F5N10O7S2. The molecule has 24 heteroatoms. The lowest BCUT2D eigenvalue weighted by Crippen LogP contribution is -2.44. The maximum Gasteiger partial charge on any atom is 0.417 e. The van der Waals surface area contributed by atoms with Crippen molar-refractivity contribution in [3.8, 4) is 17.8 Å². The molecule has 0 atom stereocenters. The Kier molecular flexibility index (Phi) is 15.3. The van der Waals surface area contributed by atoms with Gasteiger partial charge in [-0.3, -0.25) is 28.1 Å². The Balaban J connectivity index is 0.000000221. The van der Waals surface area contributed by atoms with Gasteiger partial charge in [-0.05, 0) is 94.9 Å². The summed E-state index contributed by atoms with van der Waals surface area (Å²) in [6, 6.07) is 13.9. The van der Waals surface area contributed by atoms with Gasteiger partial charge in [-0.1, -0.05) is 6.07 Å². The Morgan fingerprint density at radius 1 is 0.884 bits per heavy atom. The van der Waals surface area contributed by atoms with Crippen molar-refractivity contribution >= 4 is 86.3 Å². The Morgan fingerprint density at radius 3 is 1.97 bits per heavy atom. The van der Waals surface area contributed by atoms with Crippen LogP contribution in [0.1, 0.15) is 44.4 Å². The zero-order valence-electron chi connectivity index (χ0n) is 37.5. The summed E-state index contributed by atoms with van der Waals surface area (Å²) in [7, 11) is 3.86. The number of hydrogen-bond acceptors (Lipinski definition) is 14. The fourth-order valence-electron chi connectivity index (χ4n) is 6.68. The molecule has 6 aromatic rings. The number of carbonyl (C=O) groups is 2. The summed E-state index contributed by atoms with van der Waals surface area (Å²) in [6.07, 6.45) is -2.27. The third-order valence-corrected chi connectivity index (χ3v) is 10.5.